The minimum absolute atomic E-state index is 0.00591. The number of aryl methyl sites for hydroxylation is 1. The van der Waals surface area contributed by atoms with Crippen LogP contribution in [0.15, 0.2) is 47.1 Å². The monoisotopic (exact) mass is 521 g/mol. The van der Waals surface area contributed by atoms with E-state index in [1.54, 1.807) is 19.1 Å². The molecule has 2 aliphatic rings. The molecule has 6 rings (SSSR count). The van der Waals surface area contributed by atoms with Crippen molar-refractivity contribution in [3.05, 3.63) is 82.8 Å². The second-order valence-corrected chi connectivity index (χ2v) is 10.2. The van der Waals surface area contributed by atoms with Gasteiger partial charge < -0.3 is 19.5 Å². The number of aromatic nitrogens is 2. The second kappa shape index (κ2) is 8.83. The number of rotatable bonds is 4. The summed E-state index contributed by atoms with van der Waals surface area (Å²) in [6.07, 6.45) is 1.59. The van der Waals surface area contributed by atoms with Crippen molar-refractivity contribution in [3.8, 4) is 0 Å². The number of amides is 1. The Hall–Kier alpha value is -3.92. The van der Waals surface area contributed by atoms with E-state index >= 15 is 0 Å². The van der Waals surface area contributed by atoms with Gasteiger partial charge in [0.2, 0.25) is 5.91 Å². The summed E-state index contributed by atoms with van der Waals surface area (Å²) in [4.78, 5) is 26.8. The van der Waals surface area contributed by atoms with Crippen LogP contribution in [0.1, 0.15) is 42.0 Å². The summed E-state index contributed by atoms with van der Waals surface area (Å²) < 4.78 is 48.3. The predicted molar refractivity (Wildman–Crippen MR) is 136 cm³/mol. The summed E-state index contributed by atoms with van der Waals surface area (Å²) in [6.45, 7) is 4.76. The first-order valence-corrected chi connectivity index (χ1v) is 12.4. The van der Waals surface area contributed by atoms with Crippen molar-refractivity contribution in [1.82, 2.24) is 14.9 Å². The third kappa shape index (κ3) is 3.74. The lowest BCUT2D eigenvalue weighted by Gasteiger charge is -2.41. The summed E-state index contributed by atoms with van der Waals surface area (Å²) in [5.74, 6) is -1.25. The SMILES string of the molecule is Cc1nc(N[C@H](C)c2cccc3c(F)coc23)c2c(n1)C1(CCN(C)C1)C(=O)N(c1ccc(F)cc1F)C2. The summed E-state index contributed by atoms with van der Waals surface area (Å²) in [6, 6.07) is 8.13. The zero-order chi connectivity index (χ0) is 26.8. The fraction of sp³-hybridized carbons (Fsp3) is 0.321. The number of carbonyl (C=O) groups excluding carboxylic acids is 1. The summed E-state index contributed by atoms with van der Waals surface area (Å²) in [5, 5.41) is 3.80. The number of para-hydroxylation sites is 1. The van der Waals surface area contributed by atoms with Crippen LogP contribution in [-0.4, -0.2) is 40.9 Å². The molecule has 2 aromatic heterocycles. The molecular formula is C28H26F3N5O2. The number of hydrogen-bond acceptors (Lipinski definition) is 6. The van der Waals surface area contributed by atoms with Crippen molar-refractivity contribution in [3.63, 3.8) is 0 Å². The van der Waals surface area contributed by atoms with E-state index < -0.39 is 22.9 Å². The number of furan rings is 1. The van der Waals surface area contributed by atoms with E-state index in [0.29, 0.717) is 53.4 Å². The van der Waals surface area contributed by atoms with Gasteiger partial charge in [0, 0.05) is 23.7 Å². The van der Waals surface area contributed by atoms with Gasteiger partial charge in [-0.2, -0.15) is 0 Å². The zero-order valence-electron chi connectivity index (χ0n) is 21.2. The quantitative estimate of drug-likeness (QED) is 0.396. The van der Waals surface area contributed by atoms with Crippen LogP contribution in [0, 0.1) is 24.4 Å². The van der Waals surface area contributed by atoms with Crippen molar-refractivity contribution in [1.29, 1.82) is 0 Å². The smallest absolute Gasteiger partial charge is 0.241 e. The van der Waals surface area contributed by atoms with Gasteiger partial charge in [-0.1, -0.05) is 12.1 Å². The number of likely N-dealkylation sites (tertiary alicyclic amines) is 1. The predicted octanol–water partition coefficient (Wildman–Crippen LogP) is 5.24. The minimum atomic E-state index is -0.999. The van der Waals surface area contributed by atoms with E-state index in [9.17, 15) is 18.0 Å². The first-order chi connectivity index (χ1) is 18.2. The van der Waals surface area contributed by atoms with Crippen molar-refractivity contribution in [2.24, 2.45) is 0 Å². The van der Waals surface area contributed by atoms with Crippen LogP contribution in [0.2, 0.25) is 0 Å². The highest BCUT2D eigenvalue weighted by Gasteiger charge is 2.53. The zero-order valence-corrected chi connectivity index (χ0v) is 21.2. The van der Waals surface area contributed by atoms with Gasteiger partial charge >= 0.3 is 0 Å². The van der Waals surface area contributed by atoms with Crippen LogP contribution < -0.4 is 10.2 Å². The maximum atomic E-state index is 15.0. The fourth-order valence-electron chi connectivity index (χ4n) is 5.79. The lowest BCUT2D eigenvalue weighted by atomic mass is 9.76. The molecule has 196 valence electrons. The number of fused-ring (bicyclic) bond motifs is 3. The molecule has 1 unspecified atom stereocenters. The highest BCUT2D eigenvalue weighted by molar-refractivity contribution is 6.03. The van der Waals surface area contributed by atoms with Gasteiger partial charge in [0.25, 0.3) is 0 Å². The van der Waals surface area contributed by atoms with Gasteiger partial charge in [-0.15, -0.1) is 0 Å². The Morgan fingerprint density at radius 2 is 1.95 bits per heavy atom. The first kappa shape index (κ1) is 24.4. The van der Waals surface area contributed by atoms with E-state index in [-0.39, 0.29) is 24.2 Å². The van der Waals surface area contributed by atoms with Crippen molar-refractivity contribution in [2.45, 2.75) is 38.3 Å². The average Bonchev–Trinajstić information content (AvgIpc) is 3.46. The van der Waals surface area contributed by atoms with E-state index in [2.05, 4.69) is 10.3 Å². The Kier molecular flexibility index (Phi) is 5.68. The summed E-state index contributed by atoms with van der Waals surface area (Å²) in [5.41, 5.74) is 1.46. The van der Waals surface area contributed by atoms with Gasteiger partial charge in [0.05, 0.1) is 29.4 Å². The Balaban J connectivity index is 1.48. The van der Waals surface area contributed by atoms with E-state index in [0.717, 1.165) is 24.0 Å². The number of anilines is 2. The molecule has 1 fully saturated rings. The average molecular weight is 522 g/mol. The van der Waals surface area contributed by atoms with Crippen LogP contribution in [0.5, 0.6) is 0 Å². The minimum Gasteiger partial charge on any atom is -0.461 e. The first-order valence-electron chi connectivity index (χ1n) is 12.4. The van der Waals surface area contributed by atoms with Crippen LogP contribution >= 0.6 is 0 Å². The van der Waals surface area contributed by atoms with Crippen molar-refractivity contribution in [2.75, 3.05) is 30.4 Å². The lowest BCUT2D eigenvalue weighted by molar-refractivity contribution is -0.124. The molecule has 0 aliphatic carbocycles. The molecule has 10 heteroatoms. The van der Waals surface area contributed by atoms with Gasteiger partial charge in [-0.3, -0.25) is 4.79 Å². The van der Waals surface area contributed by atoms with Crippen LogP contribution in [-0.2, 0) is 16.8 Å². The Bertz CT molecular complexity index is 1590. The molecule has 1 N–H and O–H groups in total. The molecule has 0 saturated carbocycles. The van der Waals surface area contributed by atoms with Gasteiger partial charge in [0.15, 0.2) is 5.82 Å². The molecule has 1 spiro atoms. The molecule has 2 aromatic carbocycles. The molecule has 2 aliphatic heterocycles. The highest BCUT2D eigenvalue weighted by Crippen LogP contribution is 2.45. The van der Waals surface area contributed by atoms with Crippen LogP contribution in [0.4, 0.5) is 24.7 Å². The summed E-state index contributed by atoms with van der Waals surface area (Å²) in [7, 11) is 1.93. The van der Waals surface area contributed by atoms with Crippen LogP contribution in [0.3, 0.4) is 0 Å². The maximum Gasteiger partial charge on any atom is 0.241 e. The number of carbonyl (C=O) groups is 1. The third-order valence-electron chi connectivity index (χ3n) is 7.61. The largest absolute Gasteiger partial charge is 0.461 e. The standard InChI is InChI=1S/C28H26F3N5O2/c1-15(18-5-4-6-19-22(31)13-38-24(18)19)32-26-20-12-36(23-8-7-17(29)11-21(23)30)27(37)28(9-10-35(3)14-28)25(20)33-16(2)34-26/h4-8,11,13,15H,9-10,12,14H2,1-3H3,(H,32,33,34)/t15-,28?/m1/s1. The van der Waals surface area contributed by atoms with Gasteiger partial charge in [0.1, 0.15) is 40.5 Å². The Morgan fingerprint density at radius 1 is 1.13 bits per heavy atom. The molecule has 7 nitrogen and oxygen atoms in total. The Morgan fingerprint density at radius 3 is 2.68 bits per heavy atom. The molecule has 2 atom stereocenters. The van der Waals surface area contributed by atoms with Gasteiger partial charge in [-0.25, -0.2) is 23.1 Å². The lowest BCUT2D eigenvalue weighted by Crippen LogP contribution is -2.53. The van der Waals surface area contributed by atoms with E-state index in [4.69, 9.17) is 9.40 Å². The Labute approximate surface area is 217 Å². The van der Waals surface area contributed by atoms with Crippen molar-refractivity contribution >= 4 is 28.4 Å². The number of hydrogen-bond donors (Lipinski definition) is 1. The number of likely N-dealkylation sites (N-methyl/N-ethyl adjacent to an activating group) is 1. The summed E-state index contributed by atoms with van der Waals surface area (Å²) >= 11 is 0. The number of halogens is 3. The molecule has 4 aromatic rings. The molecule has 0 radical (unpaired) electrons. The molecular weight excluding hydrogens is 495 g/mol. The van der Waals surface area contributed by atoms with Crippen molar-refractivity contribution < 1.29 is 22.4 Å². The number of benzene rings is 2. The maximum absolute atomic E-state index is 15.0. The highest BCUT2D eigenvalue weighted by atomic mass is 19.1. The van der Waals surface area contributed by atoms with E-state index in [1.165, 1.54) is 11.0 Å². The molecule has 1 amide bonds. The third-order valence-corrected chi connectivity index (χ3v) is 7.61. The normalized spacial score (nSPS) is 20.4. The van der Waals surface area contributed by atoms with Crippen LogP contribution in [0.25, 0.3) is 11.0 Å². The molecule has 0 bridgehead atoms. The molecule has 1 saturated heterocycles. The van der Waals surface area contributed by atoms with E-state index in [1.807, 2.05) is 24.9 Å². The fourth-order valence-corrected chi connectivity index (χ4v) is 5.79. The molecule has 4 heterocycles. The number of nitrogens with zero attached hydrogens (tertiary/aromatic N) is 4. The topological polar surface area (TPSA) is 74.5 Å². The number of nitrogens with one attached hydrogen (secondary N) is 1. The second-order valence-electron chi connectivity index (χ2n) is 10.2. The molecule has 38 heavy (non-hydrogen) atoms. The van der Waals surface area contributed by atoms with Gasteiger partial charge in [-0.05, 0) is 52.1 Å².